The van der Waals surface area contributed by atoms with E-state index in [-0.39, 0.29) is 111 Å². The van der Waals surface area contributed by atoms with Gasteiger partial charge in [-0.15, -0.1) is 0 Å². The largest absolute Gasteiger partial charge is 0.412 e. The summed E-state index contributed by atoms with van der Waals surface area (Å²) in [5.74, 6) is 0. The Bertz CT molecular complexity index is 8.70. The van der Waals surface area contributed by atoms with E-state index in [1.165, 1.54) is 0 Å². The van der Waals surface area contributed by atoms with Gasteiger partial charge < -0.3 is 76.7 Å². The molecular formula is H28Fe2O14. The molecule has 0 aliphatic heterocycles. The van der Waals surface area contributed by atoms with Gasteiger partial charge in [0, 0.05) is 34.1 Å². The van der Waals surface area contributed by atoms with E-state index in [1.54, 1.807) is 0 Å². The van der Waals surface area contributed by atoms with E-state index >= 15 is 0 Å². The van der Waals surface area contributed by atoms with E-state index in [9.17, 15) is 0 Å². The van der Waals surface area contributed by atoms with Crippen LogP contribution in [0.25, 0.3) is 0 Å². The van der Waals surface area contributed by atoms with Crippen LogP contribution < -0.4 is 0 Å². The maximum absolute atomic E-state index is 0. The molecule has 128 valence electrons. The fourth-order valence-electron chi connectivity index (χ4n) is 0. The summed E-state index contributed by atoms with van der Waals surface area (Å²) < 4.78 is 0. The molecule has 0 spiro atoms. The van der Waals surface area contributed by atoms with Gasteiger partial charge in [0.2, 0.25) is 0 Å². The van der Waals surface area contributed by atoms with Crippen molar-refractivity contribution >= 4 is 0 Å². The Morgan fingerprint density at radius 3 is 0.125 bits per heavy atom. The third kappa shape index (κ3) is 11500. The quantitative estimate of drug-likeness (QED) is 0.361. The normalized spacial score (nSPS) is 0. The minimum absolute atomic E-state index is 0. The van der Waals surface area contributed by atoms with Crippen LogP contribution in [0.5, 0.6) is 0 Å². The molecule has 14 nitrogen and oxygen atoms in total. The summed E-state index contributed by atoms with van der Waals surface area (Å²) in [6.07, 6.45) is 0. The van der Waals surface area contributed by atoms with Gasteiger partial charge >= 0.3 is 0 Å². The van der Waals surface area contributed by atoms with Gasteiger partial charge in [-0.05, 0) is 0 Å². The second-order valence-corrected chi connectivity index (χ2v) is 0. The molecule has 0 aromatic rings. The third-order valence-corrected chi connectivity index (χ3v) is 0. The summed E-state index contributed by atoms with van der Waals surface area (Å²) in [7, 11) is 0. The van der Waals surface area contributed by atoms with Crippen molar-refractivity contribution in [2.24, 2.45) is 0 Å². The van der Waals surface area contributed by atoms with Gasteiger partial charge in [-0.25, -0.2) is 0 Å². The topological polar surface area (TPSA) is 441 Å². The van der Waals surface area contributed by atoms with Crippen LogP contribution in [0.15, 0.2) is 0 Å². The molecule has 0 aromatic carbocycles. The molecule has 0 saturated carbocycles. The first kappa shape index (κ1) is 17200. The molecule has 0 aliphatic rings. The molecule has 0 aromatic heterocycles. The molecule has 16 heavy (non-hydrogen) atoms. The van der Waals surface area contributed by atoms with Crippen LogP contribution in [0.4, 0.5) is 0 Å². The Hall–Kier alpha value is 0.479. The second kappa shape index (κ2) is 14100. The van der Waals surface area contributed by atoms with E-state index in [0.29, 0.717) is 0 Å². The zero-order valence-electron chi connectivity index (χ0n) is 7.71. The van der Waals surface area contributed by atoms with Crippen molar-refractivity contribution in [3.05, 3.63) is 0 Å². The molecule has 0 amide bonds. The number of hydrogen-bond donors (Lipinski definition) is 0. The summed E-state index contributed by atoms with van der Waals surface area (Å²) in [4.78, 5) is 0. The third-order valence-electron chi connectivity index (χ3n) is 0. The summed E-state index contributed by atoms with van der Waals surface area (Å²) in [5.41, 5.74) is 0. The Balaban J connectivity index is 0. The van der Waals surface area contributed by atoms with E-state index in [0.717, 1.165) is 0 Å². The van der Waals surface area contributed by atoms with Gasteiger partial charge in [0.05, 0.1) is 0 Å². The van der Waals surface area contributed by atoms with Crippen LogP contribution in [0, 0.1) is 0 Å². The molecule has 0 rings (SSSR count). The second-order valence-electron chi connectivity index (χ2n) is 0. The van der Waals surface area contributed by atoms with Gasteiger partial charge in [0.1, 0.15) is 0 Å². The maximum Gasteiger partial charge on any atom is 0 e. The van der Waals surface area contributed by atoms with Crippen molar-refractivity contribution in [1.29, 1.82) is 0 Å². The minimum Gasteiger partial charge on any atom is -0.412 e. The first-order valence-corrected chi connectivity index (χ1v) is 0. The predicted molar refractivity (Wildman–Crippen MR) is 50.6 cm³/mol. The Morgan fingerprint density at radius 1 is 0.125 bits per heavy atom. The molecule has 0 aliphatic carbocycles. The fourth-order valence-corrected chi connectivity index (χ4v) is 0. The van der Waals surface area contributed by atoms with Gasteiger partial charge in [-0.3, -0.25) is 0 Å². The van der Waals surface area contributed by atoms with Crippen LogP contribution in [-0.2, 0) is 34.1 Å². The van der Waals surface area contributed by atoms with Crippen LogP contribution in [-0.4, -0.2) is 76.7 Å². The monoisotopic (exact) mass is 364 g/mol. The summed E-state index contributed by atoms with van der Waals surface area (Å²) in [5, 5.41) is 0. The molecule has 0 fully saturated rings. The minimum atomic E-state index is 0. The molecule has 0 unspecified atom stereocenters. The molecule has 28 N–H and O–H groups in total. The molecule has 0 saturated heterocycles. The molecular weight excluding hydrogens is 336 g/mol. The summed E-state index contributed by atoms with van der Waals surface area (Å²) in [6, 6.07) is 0. The molecule has 16 heteroatoms. The average Bonchev–Trinajstić information content (AvgIpc) is 0. The van der Waals surface area contributed by atoms with Crippen LogP contribution >= 0.6 is 0 Å². The van der Waals surface area contributed by atoms with Gasteiger partial charge in [-0.2, -0.15) is 0 Å². The molecule has 0 atom stereocenters. The number of hydrogen-bond acceptors (Lipinski definition) is 0. The zero-order chi connectivity index (χ0) is 0. The van der Waals surface area contributed by atoms with Crippen molar-refractivity contribution in [2.75, 3.05) is 0 Å². The molecule has 0 radical (unpaired) electrons. The predicted octanol–water partition coefficient (Wildman–Crippen LogP) is -11.6. The zero-order valence-corrected chi connectivity index (χ0v) is 9.92. The number of rotatable bonds is 0. The molecule has 0 bridgehead atoms. The maximum atomic E-state index is 0. The first-order valence-electron chi connectivity index (χ1n) is 0. The van der Waals surface area contributed by atoms with Crippen molar-refractivity contribution in [1.82, 2.24) is 0 Å². The smallest absolute Gasteiger partial charge is 0 e. The Morgan fingerprint density at radius 2 is 0.125 bits per heavy atom. The Kier molecular flexibility index (Phi) is 15200000. The van der Waals surface area contributed by atoms with Crippen LogP contribution in [0.1, 0.15) is 0 Å². The van der Waals surface area contributed by atoms with Gasteiger partial charge in [0.25, 0.3) is 0 Å². The summed E-state index contributed by atoms with van der Waals surface area (Å²) in [6.45, 7) is 0. The van der Waals surface area contributed by atoms with Crippen LogP contribution in [0.2, 0.25) is 0 Å². The average molecular weight is 364 g/mol. The van der Waals surface area contributed by atoms with Crippen LogP contribution in [0.3, 0.4) is 0 Å². The SMILES string of the molecule is O.O.O.O.O.O.O.O.O.O.O.O.O.O.[Fe].[Fe]. The van der Waals surface area contributed by atoms with Crippen molar-refractivity contribution in [3.63, 3.8) is 0 Å². The van der Waals surface area contributed by atoms with Crippen molar-refractivity contribution in [3.8, 4) is 0 Å². The first-order chi connectivity index (χ1) is 0. The van der Waals surface area contributed by atoms with E-state index < -0.39 is 0 Å². The summed E-state index contributed by atoms with van der Waals surface area (Å²) >= 11 is 0. The van der Waals surface area contributed by atoms with E-state index in [1.807, 2.05) is 0 Å². The Labute approximate surface area is 111 Å². The van der Waals surface area contributed by atoms with E-state index in [2.05, 4.69) is 0 Å². The van der Waals surface area contributed by atoms with Crippen molar-refractivity contribution in [2.45, 2.75) is 0 Å². The standard InChI is InChI=1S/2Fe.14H2O/h;;14*1H2. The fraction of sp³-hybridized carbons (Fsp3) is 0. The van der Waals surface area contributed by atoms with Crippen molar-refractivity contribution < 1.29 is 111 Å². The molecule has 0 heterocycles. The van der Waals surface area contributed by atoms with Gasteiger partial charge in [-0.1, -0.05) is 0 Å². The van der Waals surface area contributed by atoms with Gasteiger partial charge in [0.15, 0.2) is 0 Å². The van der Waals surface area contributed by atoms with E-state index in [4.69, 9.17) is 0 Å².